The molecule has 0 aliphatic heterocycles. The highest BCUT2D eigenvalue weighted by atomic mass is 32.1. The van der Waals surface area contributed by atoms with Gasteiger partial charge in [-0.05, 0) is 17.5 Å². The molecule has 0 amide bonds. The summed E-state index contributed by atoms with van der Waals surface area (Å²) in [5.74, 6) is -4.81. The van der Waals surface area contributed by atoms with Gasteiger partial charge in [0.25, 0.3) is 0 Å². The van der Waals surface area contributed by atoms with E-state index in [0.29, 0.717) is 4.70 Å². The van der Waals surface area contributed by atoms with E-state index in [0.717, 1.165) is 17.4 Å². The van der Waals surface area contributed by atoms with Crippen LogP contribution in [-0.2, 0) is 5.92 Å². The van der Waals surface area contributed by atoms with Crippen LogP contribution in [0.25, 0.3) is 10.1 Å². The fourth-order valence-electron chi connectivity index (χ4n) is 1.42. The molecule has 0 spiro atoms. The third kappa shape index (κ3) is 1.57. The average molecular weight is 252 g/mol. The lowest BCUT2D eigenvalue weighted by Crippen LogP contribution is -2.33. The standard InChI is InChI=1S/C10H5F5S/c11-9(12,10(13,14)15)7-2-1-3-8-6(7)4-5-16-8/h1-5H. The summed E-state index contributed by atoms with van der Waals surface area (Å²) in [4.78, 5) is 0. The molecule has 1 heterocycles. The summed E-state index contributed by atoms with van der Waals surface area (Å²) in [5, 5.41) is 1.44. The van der Waals surface area contributed by atoms with Gasteiger partial charge in [0.15, 0.2) is 0 Å². The fourth-order valence-corrected chi connectivity index (χ4v) is 2.23. The normalized spacial score (nSPS) is 13.3. The Morgan fingerprint density at radius 1 is 0.938 bits per heavy atom. The number of alkyl halides is 5. The number of benzene rings is 1. The van der Waals surface area contributed by atoms with Crippen LogP contribution in [0.15, 0.2) is 29.6 Å². The highest BCUT2D eigenvalue weighted by Crippen LogP contribution is 2.46. The zero-order valence-corrected chi connectivity index (χ0v) is 8.50. The quantitative estimate of drug-likeness (QED) is 0.653. The van der Waals surface area contributed by atoms with Crippen molar-refractivity contribution in [3.05, 3.63) is 35.2 Å². The van der Waals surface area contributed by atoms with Crippen molar-refractivity contribution in [1.82, 2.24) is 0 Å². The minimum atomic E-state index is -5.57. The summed E-state index contributed by atoms with van der Waals surface area (Å²) in [5.41, 5.74) is -0.987. The Labute approximate surface area is 91.3 Å². The monoisotopic (exact) mass is 252 g/mol. The lowest BCUT2D eigenvalue weighted by Gasteiger charge is -2.20. The smallest absolute Gasteiger partial charge is 0.191 e. The van der Waals surface area contributed by atoms with Gasteiger partial charge in [0.05, 0.1) is 0 Å². The molecule has 6 heteroatoms. The van der Waals surface area contributed by atoms with E-state index in [1.807, 2.05) is 0 Å². The van der Waals surface area contributed by atoms with Crippen molar-refractivity contribution in [2.75, 3.05) is 0 Å². The van der Waals surface area contributed by atoms with Crippen LogP contribution in [0.3, 0.4) is 0 Å². The number of hydrogen-bond donors (Lipinski definition) is 0. The van der Waals surface area contributed by atoms with Gasteiger partial charge in [-0.15, -0.1) is 11.3 Å². The molecule has 2 rings (SSSR count). The SMILES string of the molecule is FC(F)(F)C(F)(F)c1cccc2sccc12. The average Bonchev–Trinajstić information content (AvgIpc) is 2.62. The van der Waals surface area contributed by atoms with Crippen molar-refractivity contribution < 1.29 is 22.0 Å². The summed E-state index contributed by atoms with van der Waals surface area (Å²) < 4.78 is 63.3. The van der Waals surface area contributed by atoms with Gasteiger partial charge in [-0.2, -0.15) is 22.0 Å². The second-order valence-electron chi connectivity index (χ2n) is 3.21. The van der Waals surface area contributed by atoms with Crippen LogP contribution in [-0.4, -0.2) is 6.18 Å². The molecule has 2 aromatic rings. The number of rotatable bonds is 1. The van der Waals surface area contributed by atoms with Gasteiger partial charge >= 0.3 is 12.1 Å². The summed E-state index contributed by atoms with van der Waals surface area (Å²) in [6.45, 7) is 0. The van der Waals surface area contributed by atoms with Crippen LogP contribution in [0.5, 0.6) is 0 Å². The predicted octanol–water partition coefficient (Wildman–Crippen LogP) is 4.56. The molecule has 0 nitrogen and oxygen atoms in total. The van der Waals surface area contributed by atoms with Crippen LogP contribution in [0.1, 0.15) is 5.56 Å². The Bertz CT molecular complexity index is 511. The minimum Gasteiger partial charge on any atom is -0.191 e. The van der Waals surface area contributed by atoms with Gasteiger partial charge in [-0.1, -0.05) is 12.1 Å². The summed E-state index contributed by atoms with van der Waals surface area (Å²) in [7, 11) is 0. The lowest BCUT2D eigenvalue weighted by molar-refractivity contribution is -0.288. The zero-order chi connectivity index (χ0) is 12.0. The maximum Gasteiger partial charge on any atom is 0.458 e. The maximum atomic E-state index is 13.2. The van der Waals surface area contributed by atoms with Gasteiger partial charge in [0.2, 0.25) is 0 Å². The summed E-state index contributed by atoms with van der Waals surface area (Å²) in [6.07, 6.45) is -5.57. The van der Waals surface area contributed by atoms with E-state index < -0.39 is 17.7 Å². The molecule has 0 unspecified atom stereocenters. The van der Waals surface area contributed by atoms with E-state index in [4.69, 9.17) is 0 Å². The van der Waals surface area contributed by atoms with Gasteiger partial charge in [-0.3, -0.25) is 0 Å². The van der Waals surface area contributed by atoms with Crippen LogP contribution < -0.4 is 0 Å². The lowest BCUT2D eigenvalue weighted by atomic mass is 10.0. The number of fused-ring (bicyclic) bond motifs is 1. The first-order valence-electron chi connectivity index (χ1n) is 4.25. The Hall–Kier alpha value is -1.17. The molecule has 0 aliphatic rings. The van der Waals surface area contributed by atoms with E-state index in [1.54, 1.807) is 0 Å². The molecule has 1 aromatic heterocycles. The van der Waals surface area contributed by atoms with Crippen LogP contribution in [0.4, 0.5) is 22.0 Å². The Morgan fingerprint density at radius 3 is 2.25 bits per heavy atom. The van der Waals surface area contributed by atoms with Crippen molar-refractivity contribution in [3.8, 4) is 0 Å². The molecule has 16 heavy (non-hydrogen) atoms. The molecule has 0 N–H and O–H groups in total. The van der Waals surface area contributed by atoms with Crippen molar-refractivity contribution in [2.45, 2.75) is 12.1 Å². The van der Waals surface area contributed by atoms with Crippen molar-refractivity contribution in [3.63, 3.8) is 0 Å². The second kappa shape index (κ2) is 3.41. The molecule has 0 radical (unpaired) electrons. The fraction of sp³-hybridized carbons (Fsp3) is 0.200. The Morgan fingerprint density at radius 2 is 1.62 bits per heavy atom. The summed E-state index contributed by atoms with van der Waals surface area (Å²) in [6, 6.07) is 4.79. The third-order valence-electron chi connectivity index (χ3n) is 2.19. The van der Waals surface area contributed by atoms with E-state index in [1.165, 1.54) is 23.6 Å². The molecule has 0 saturated carbocycles. The van der Waals surface area contributed by atoms with Crippen molar-refractivity contribution in [1.29, 1.82) is 0 Å². The largest absolute Gasteiger partial charge is 0.458 e. The minimum absolute atomic E-state index is 0.0465. The van der Waals surface area contributed by atoms with Crippen LogP contribution >= 0.6 is 11.3 Å². The van der Waals surface area contributed by atoms with E-state index in [9.17, 15) is 22.0 Å². The molecule has 0 aliphatic carbocycles. The van der Waals surface area contributed by atoms with Gasteiger partial charge in [0.1, 0.15) is 0 Å². The first-order valence-corrected chi connectivity index (χ1v) is 5.13. The molecule has 0 bridgehead atoms. The molecular formula is C10H5F5S. The molecule has 0 fully saturated rings. The van der Waals surface area contributed by atoms with E-state index in [-0.39, 0.29) is 5.39 Å². The number of hydrogen-bond acceptors (Lipinski definition) is 1. The molecular weight excluding hydrogens is 247 g/mol. The van der Waals surface area contributed by atoms with Gasteiger partial charge in [0, 0.05) is 15.6 Å². The number of thiophene rings is 1. The first-order chi connectivity index (χ1) is 7.34. The zero-order valence-electron chi connectivity index (χ0n) is 7.68. The van der Waals surface area contributed by atoms with Crippen LogP contribution in [0.2, 0.25) is 0 Å². The second-order valence-corrected chi connectivity index (χ2v) is 4.16. The summed E-state index contributed by atoms with van der Waals surface area (Å²) >= 11 is 1.13. The number of halogens is 5. The topological polar surface area (TPSA) is 0 Å². The van der Waals surface area contributed by atoms with E-state index >= 15 is 0 Å². The molecule has 0 saturated heterocycles. The molecule has 86 valence electrons. The highest BCUT2D eigenvalue weighted by Gasteiger charge is 2.59. The van der Waals surface area contributed by atoms with Gasteiger partial charge in [-0.25, -0.2) is 0 Å². The third-order valence-corrected chi connectivity index (χ3v) is 3.07. The predicted molar refractivity (Wildman–Crippen MR) is 51.8 cm³/mol. The first kappa shape index (κ1) is 11.3. The molecule has 1 aromatic carbocycles. The molecule has 0 atom stereocenters. The van der Waals surface area contributed by atoms with Crippen LogP contribution in [0, 0.1) is 0 Å². The highest BCUT2D eigenvalue weighted by molar-refractivity contribution is 7.17. The Balaban J connectivity index is 2.68. The van der Waals surface area contributed by atoms with E-state index in [2.05, 4.69) is 0 Å². The van der Waals surface area contributed by atoms with Gasteiger partial charge < -0.3 is 0 Å². The van der Waals surface area contributed by atoms with Crippen molar-refractivity contribution >= 4 is 21.4 Å². The van der Waals surface area contributed by atoms with Crippen molar-refractivity contribution in [2.24, 2.45) is 0 Å². The maximum absolute atomic E-state index is 13.2. The Kier molecular flexibility index (Phi) is 2.41.